The van der Waals surface area contributed by atoms with Gasteiger partial charge in [0, 0.05) is 26.1 Å². The molecule has 3 aromatic rings. The number of amides is 1. The van der Waals surface area contributed by atoms with E-state index in [9.17, 15) is 22.4 Å². The molecule has 7 nitrogen and oxygen atoms in total. The van der Waals surface area contributed by atoms with Crippen LogP contribution in [0.2, 0.25) is 0 Å². The molecule has 1 aliphatic heterocycles. The minimum atomic E-state index is -3.92. The van der Waals surface area contributed by atoms with E-state index in [1.165, 1.54) is 34.9 Å². The van der Waals surface area contributed by atoms with Crippen LogP contribution in [0.25, 0.3) is 10.2 Å². The monoisotopic (exact) mass is 463 g/mol. The first kappa shape index (κ1) is 21.5. The highest BCUT2D eigenvalue weighted by atomic mass is 32.2. The van der Waals surface area contributed by atoms with Crippen molar-refractivity contribution in [2.75, 3.05) is 17.8 Å². The predicted molar refractivity (Wildman–Crippen MR) is 118 cm³/mol. The highest BCUT2D eigenvalue weighted by Crippen LogP contribution is 2.25. The van der Waals surface area contributed by atoms with E-state index in [-0.39, 0.29) is 34.3 Å². The number of thiazole rings is 1. The largest absolute Gasteiger partial charge is 0.343 e. The second-order valence-electron chi connectivity index (χ2n) is 7.55. The van der Waals surface area contributed by atoms with Gasteiger partial charge in [0.1, 0.15) is 5.82 Å². The maximum Gasteiger partial charge on any atom is 0.308 e. The smallest absolute Gasteiger partial charge is 0.308 e. The van der Waals surface area contributed by atoms with Crippen molar-refractivity contribution in [1.29, 1.82) is 0 Å². The number of hydrogen-bond donors (Lipinski definition) is 1. The Morgan fingerprint density at radius 2 is 1.90 bits per heavy atom. The van der Waals surface area contributed by atoms with Crippen molar-refractivity contribution in [2.24, 2.45) is 0 Å². The third-order valence-electron chi connectivity index (χ3n) is 5.39. The van der Waals surface area contributed by atoms with Crippen molar-refractivity contribution in [1.82, 2.24) is 9.47 Å². The number of sulfonamides is 1. The molecular formula is C21H22FN3O4S2. The molecule has 2 heterocycles. The molecule has 0 radical (unpaired) electrons. The van der Waals surface area contributed by atoms with Crippen molar-refractivity contribution < 1.29 is 17.6 Å². The van der Waals surface area contributed by atoms with Crippen molar-refractivity contribution >= 4 is 43.2 Å². The number of nitrogens with zero attached hydrogens (tertiary/aromatic N) is 2. The number of anilines is 1. The minimum Gasteiger partial charge on any atom is -0.343 e. The van der Waals surface area contributed by atoms with Gasteiger partial charge in [-0.15, -0.1) is 0 Å². The molecule has 164 valence electrons. The van der Waals surface area contributed by atoms with Crippen LogP contribution in [0, 0.1) is 12.7 Å². The first-order valence-corrected chi connectivity index (χ1v) is 12.2. The average molecular weight is 464 g/mol. The summed E-state index contributed by atoms with van der Waals surface area (Å²) in [6.07, 6.45) is 2.25. The van der Waals surface area contributed by atoms with Gasteiger partial charge < -0.3 is 4.90 Å². The number of nitrogens with one attached hydrogen (secondary N) is 1. The number of hydrogen-bond acceptors (Lipinski definition) is 5. The van der Waals surface area contributed by atoms with Gasteiger partial charge in [0.2, 0.25) is 5.91 Å². The van der Waals surface area contributed by atoms with Gasteiger partial charge in [0.15, 0.2) is 0 Å². The number of benzene rings is 2. The van der Waals surface area contributed by atoms with Gasteiger partial charge in [-0.05, 0) is 61.7 Å². The van der Waals surface area contributed by atoms with Crippen molar-refractivity contribution in [3.05, 3.63) is 57.4 Å². The molecule has 0 saturated carbocycles. The zero-order valence-electron chi connectivity index (χ0n) is 16.9. The Balaban J connectivity index is 1.57. The van der Waals surface area contributed by atoms with E-state index in [0.29, 0.717) is 15.8 Å². The first-order valence-electron chi connectivity index (χ1n) is 9.95. The zero-order chi connectivity index (χ0) is 22.2. The lowest BCUT2D eigenvalue weighted by molar-refractivity contribution is -0.130. The minimum absolute atomic E-state index is 0.00488. The zero-order valence-corrected chi connectivity index (χ0v) is 18.6. The summed E-state index contributed by atoms with van der Waals surface area (Å²) in [5.74, 6) is -0.419. The Morgan fingerprint density at radius 1 is 1.16 bits per heavy atom. The van der Waals surface area contributed by atoms with E-state index < -0.39 is 15.8 Å². The van der Waals surface area contributed by atoms with Crippen LogP contribution in [-0.4, -0.2) is 36.9 Å². The average Bonchev–Trinajstić information content (AvgIpc) is 3.35. The maximum absolute atomic E-state index is 13.3. The number of aryl methyl sites for hydroxylation is 2. The topological polar surface area (TPSA) is 88.5 Å². The molecule has 1 saturated heterocycles. The number of fused-ring (bicyclic) bond motifs is 1. The van der Waals surface area contributed by atoms with Crippen LogP contribution in [0.3, 0.4) is 0 Å². The second kappa shape index (κ2) is 8.43. The number of rotatable bonds is 6. The van der Waals surface area contributed by atoms with Crippen molar-refractivity contribution in [3.63, 3.8) is 0 Å². The number of halogens is 1. The van der Waals surface area contributed by atoms with E-state index in [1.54, 1.807) is 13.0 Å². The standard InChI is InChI=1S/C21H22FN3O4S2/c1-14-12-15(22)4-6-17(14)23-31(28,29)16-5-7-18-19(13-16)30-21(27)25(18)11-8-20(26)24-9-2-3-10-24/h4-7,12-13,23H,2-3,8-11H2,1H3. The van der Waals surface area contributed by atoms with Gasteiger partial charge in [0.25, 0.3) is 10.0 Å². The highest BCUT2D eigenvalue weighted by Gasteiger charge is 2.20. The maximum atomic E-state index is 13.3. The molecule has 1 N–H and O–H groups in total. The summed E-state index contributed by atoms with van der Waals surface area (Å²) in [6.45, 7) is 3.40. The molecule has 0 spiro atoms. The number of likely N-dealkylation sites (tertiary alicyclic amines) is 1. The Bertz CT molecular complexity index is 1310. The van der Waals surface area contributed by atoms with Crippen LogP contribution in [0.15, 0.2) is 46.1 Å². The lowest BCUT2D eigenvalue weighted by Gasteiger charge is -2.15. The fraction of sp³-hybridized carbons (Fsp3) is 0.333. The second-order valence-corrected chi connectivity index (χ2v) is 10.2. The molecule has 1 fully saturated rings. The van der Waals surface area contributed by atoms with Crippen LogP contribution >= 0.6 is 11.3 Å². The number of carbonyl (C=O) groups excluding carboxylic acids is 1. The van der Waals surface area contributed by atoms with Gasteiger partial charge in [-0.3, -0.25) is 18.9 Å². The summed E-state index contributed by atoms with van der Waals surface area (Å²) in [5.41, 5.74) is 1.34. The fourth-order valence-electron chi connectivity index (χ4n) is 3.70. The molecule has 0 unspecified atom stereocenters. The van der Waals surface area contributed by atoms with E-state index in [2.05, 4.69) is 4.72 Å². The molecule has 1 amide bonds. The van der Waals surface area contributed by atoms with E-state index in [1.807, 2.05) is 4.90 Å². The molecule has 31 heavy (non-hydrogen) atoms. The summed E-state index contributed by atoms with van der Waals surface area (Å²) in [6, 6.07) is 8.25. The Kier molecular flexibility index (Phi) is 5.85. The molecule has 10 heteroatoms. The number of carbonyl (C=O) groups is 1. The predicted octanol–water partition coefficient (Wildman–Crippen LogP) is 3.32. The summed E-state index contributed by atoms with van der Waals surface area (Å²) in [7, 11) is -3.92. The van der Waals surface area contributed by atoms with Crippen molar-refractivity contribution in [3.8, 4) is 0 Å². The lowest BCUT2D eigenvalue weighted by Crippen LogP contribution is -2.29. The van der Waals surface area contributed by atoms with Crippen LogP contribution in [0.4, 0.5) is 10.1 Å². The van der Waals surface area contributed by atoms with E-state index in [0.717, 1.165) is 37.3 Å². The molecule has 0 bridgehead atoms. The molecular weight excluding hydrogens is 441 g/mol. The number of aromatic nitrogens is 1. The van der Waals surface area contributed by atoms with Gasteiger partial charge in [0.05, 0.1) is 20.8 Å². The summed E-state index contributed by atoms with van der Waals surface area (Å²) >= 11 is 0.945. The third kappa shape index (κ3) is 4.49. The molecule has 1 aliphatic rings. The van der Waals surface area contributed by atoms with E-state index in [4.69, 9.17) is 0 Å². The molecule has 0 atom stereocenters. The molecule has 1 aromatic heterocycles. The summed E-state index contributed by atoms with van der Waals surface area (Å²) in [4.78, 5) is 26.3. The third-order valence-corrected chi connectivity index (χ3v) is 7.70. The quantitative estimate of drug-likeness (QED) is 0.607. The molecule has 0 aliphatic carbocycles. The summed E-state index contributed by atoms with van der Waals surface area (Å²) in [5, 5.41) is 0. The fourth-order valence-corrected chi connectivity index (χ4v) is 5.89. The Hall–Kier alpha value is -2.72. The van der Waals surface area contributed by atoms with Gasteiger partial charge >= 0.3 is 4.87 Å². The van der Waals surface area contributed by atoms with Gasteiger partial charge in [-0.1, -0.05) is 11.3 Å². The molecule has 4 rings (SSSR count). The molecule has 2 aromatic carbocycles. The normalized spacial score (nSPS) is 14.3. The SMILES string of the molecule is Cc1cc(F)ccc1NS(=O)(=O)c1ccc2c(c1)sc(=O)n2CCC(=O)N1CCCC1. The van der Waals surface area contributed by atoms with Crippen LogP contribution in [0.5, 0.6) is 0 Å². The summed E-state index contributed by atoms with van der Waals surface area (Å²) < 4.78 is 43.4. The van der Waals surface area contributed by atoms with Crippen LogP contribution in [0.1, 0.15) is 24.8 Å². The van der Waals surface area contributed by atoms with Crippen molar-refractivity contribution in [2.45, 2.75) is 37.6 Å². The van der Waals surface area contributed by atoms with Crippen LogP contribution in [-0.2, 0) is 21.4 Å². The van der Waals surface area contributed by atoms with Crippen LogP contribution < -0.4 is 9.60 Å². The first-order chi connectivity index (χ1) is 14.7. The van der Waals surface area contributed by atoms with E-state index >= 15 is 0 Å². The lowest BCUT2D eigenvalue weighted by atomic mass is 10.2. The Morgan fingerprint density at radius 3 is 2.61 bits per heavy atom. The van der Waals surface area contributed by atoms with Gasteiger partial charge in [-0.2, -0.15) is 0 Å². The van der Waals surface area contributed by atoms with Gasteiger partial charge in [-0.25, -0.2) is 12.8 Å². The Labute approximate surface area is 183 Å². The highest BCUT2D eigenvalue weighted by molar-refractivity contribution is 7.92.